The van der Waals surface area contributed by atoms with Crippen molar-refractivity contribution in [1.82, 2.24) is 10.2 Å². The molecule has 0 aromatic heterocycles. The number of likely N-dealkylation sites (tertiary alicyclic amines) is 1. The van der Waals surface area contributed by atoms with Crippen molar-refractivity contribution in [3.8, 4) is 0 Å². The molecule has 2 unspecified atom stereocenters. The van der Waals surface area contributed by atoms with Gasteiger partial charge in [-0.05, 0) is 31.3 Å². The molecule has 0 aliphatic carbocycles. The van der Waals surface area contributed by atoms with Crippen LogP contribution in [0.2, 0.25) is 0 Å². The van der Waals surface area contributed by atoms with Gasteiger partial charge >= 0.3 is 0 Å². The normalized spacial score (nSPS) is 35.4. The molecule has 0 amide bonds. The zero-order chi connectivity index (χ0) is 11.6. The predicted molar refractivity (Wildman–Crippen MR) is 66.5 cm³/mol. The molecule has 0 aromatic carbocycles. The highest BCUT2D eigenvalue weighted by Gasteiger charge is 2.37. The minimum atomic E-state index is -0.157. The summed E-state index contributed by atoms with van der Waals surface area (Å²) >= 11 is 0. The van der Waals surface area contributed by atoms with Crippen LogP contribution in [0.3, 0.4) is 0 Å². The topological polar surface area (TPSA) is 35.5 Å². The molecule has 2 atom stereocenters. The van der Waals surface area contributed by atoms with Crippen LogP contribution in [0.15, 0.2) is 0 Å². The van der Waals surface area contributed by atoms with Crippen LogP contribution in [0.5, 0.6) is 0 Å². The van der Waals surface area contributed by atoms with Gasteiger partial charge in [0, 0.05) is 19.1 Å². The zero-order valence-electron chi connectivity index (χ0n) is 10.7. The molecule has 3 heteroatoms. The fourth-order valence-electron chi connectivity index (χ4n) is 3.31. The van der Waals surface area contributed by atoms with Crippen LogP contribution in [-0.4, -0.2) is 48.3 Å². The first-order valence-corrected chi connectivity index (χ1v) is 6.83. The number of piperidine rings is 1. The van der Waals surface area contributed by atoms with E-state index in [1.54, 1.807) is 0 Å². The number of hydrogen-bond acceptors (Lipinski definition) is 3. The summed E-state index contributed by atoms with van der Waals surface area (Å²) in [6.45, 7) is 8.73. The van der Waals surface area contributed by atoms with E-state index in [0.29, 0.717) is 11.5 Å². The van der Waals surface area contributed by atoms with E-state index >= 15 is 0 Å². The van der Waals surface area contributed by atoms with Gasteiger partial charge < -0.3 is 10.4 Å². The molecule has 16 heavy (non-hydrogen) atoms. The fraction of sp³-hybridized carbons (Fsp3) is 1.00. The first-order valence-electron chi connectivity index (χ1n) is 6.83. The average Bonchev–Trinajstić information content (AvgIpc) is 2.76. The molecule has 2 saturated heterocycles. The van der Waals surface area contributed by atoms with Crippen LogP contribution in [0.4, 0.5) is 0 Å². The summed E-state index contributed by atoms with van der Waals surface area (Å²) in [5.74, 6) is 0. The molecule has 0 aromatic rings. The van der Waals surface area contributed by atoms with E-state index in [9.17, 15) is 5.11 Å². The van der Waals surface area contributed by atoms with Crippen molar-refractivity contribution in [2.24, 2.45) is 5.41 Å². The largest absolute Gasteiger partial charge is 0.390 e. The molecule has 0 spiro atoms. The highest BCUT2D eigenvalue weighted by molar-refractivity contribution is 4.93. The Kier molecular flexibility index (Phi) is 3.88. The van der Waals surface area contributed by atoms with E-state index in [4.69, 9.17) is 0 Å². The van der Waals surface area contributed by atoms with Gasteiger partial charge in [0.25, 0.3) is 0 Å². The van der Waals surface area contributed by atoms with Gasteiger partial charge in [0.1, 0.15) is 0 Å². The second kappa shape index (κ2) is 5.03. The predicted octanol–water partition coefficient (Wildman–Crippen LogP) is 1.22. The van der Waals surface area contributed by atoms with Crippen LogP contribution < -0.4 is 5.32 Å². The number of nitrogens with zero attached hydrogens (tertiary/aromatic N) is 1. The quantitative estimate of drug-likeness (QED) is 0.759. The van der Waals surface area contributed by atoms with Crippen LogP contribution in [0.25, 0.3) is 0 Å². The van der Waals surface area contributed by atoms with E-state index in [2.05, 4.69) is 24.1 Å². The molecule has 2 rings (SSSR count). The van der Waals surface area contributed by atoms with Crippen LogP contribution in [0.1, 0.15) is 39.5 Å². The van der Waals surface area contributed by atoms with E-state index in [-0.39, 0.29) is 6.10 Å². The molecule has 2 aliphatic rings. The molecule has 2 fully saturated rings. The number of nitrogens with one attached hydrogen (secondary N) is 1. The van der Waals surface area contributed by atoms with E-state index in [1.807, 2.05) is 0 Å². The molecule has 3 nitrogen and oxygen atoms in total. The van der Waals surface area contributed by atoms with Gasteiger partial charge in [-0.2, -0.15) is 0 Å². The highest BCUT2D eigenvalue weighted by Crippen LogP contribution is 2.38. The van der Waals surface area contributed by atoms with Crippen LogP contribution in [-0.2, 0) is 0 Å². The van der Waals surface area contributed by atoms with Gasteiger partial charge in [0.2, 0.25) is 0 Å². The Morgan fingerprint density at radius 1 is 1.19 bits per heavy atom. The molecule has 2 aliphatic heterocycles. The Balaban J connectivity index is 1.89. The van der Waals surface area contributed by atoms with Gasteiger partial charge in [-0.25, -0.2) is 0 Å². The maximum atomic E-state index is 9.88. The molecule has 0 bridgehead atoms. The van der Waals surface area contributed by atoms with Crippen molar-refractivity contribution in [2.75, 3.05) is 26.2 Å². The lowest BCUT2D eigenvalue weighted by atomic mass is 9.74. The molecule has 94 valence electrons. The van der Waals surface area contributed by atoms with Gasteiger partial charge in [0.15, 0.2) is 0 Å². The number of aliphatic hydroxyl groups excluding tert-OH is 1. The number of rotatable bonds is 3. The average molecular weight is 226 g/mol. The molecular weight excluding hydrogens is 200 g/mol. The van der Waals surface area contributed by atoms with Crippen molar-refractivity contribution in [1.29, 1.82) is 0 Å². The number of β-amino-alcohol motifs (C(OH)–C–C–N with tert-alkyl or cyclic N) is 1. The summed E-state index contributed by atoms with van der Waals surface area (Å²) in [6, 6.07) is 0.367. The molecule has 2 N–H and O–H groups in total. The van der Waals surface area contributed by atoms with Crippen LogP contribution >= 0.6 is 0 Å². The summed E-state index contributed by atoms with van der Waals surface area (Å²) in [4.78, 5) is 2.49. The van der Waals surface area contributed by atoms with E-state index in [0.717, 1.165) is 13.1 Å². The fourth-order valence-corrected chi connectivity index (χ4v) is 3.31. The SMILES string of the molecule is CCC1(CC)CCN(C2CNCC2O)CC1. The summed E-state index contributed by atoms with van der Waals surface area (Å²) in [7, 11) is 0. The summed E-state index contributed by atoms with van der Waals surface area (Å²) in [5, 5.41) is 13.2. The Morgan fingerprint density at radius 2 is 1.81 bits per heavy atom. The summed E-state index contributed by atoms with van der Waals surface area (Å²) < 4.78 is 0. The van der Waals surface area contributed by atoms with Crippen LogP contribution in [0, 0.1) is 5.41 Å². The molecule has 0 saturated carbocycles. The van der Waals surface area contributed by atoms with Crippen molar-refractivity contribution < 1.29 is 5.11 Å². The van der Waals surface area contributed by atoms with Crippen molar-refractivity contribution in [3.63, 3.8) is 0 Å². The lowest BCUT2D eigenvalue weighted by Crippen LogP contribution is -2.49. The zero-order valence-corrected chi connectivity index (χ0v) is 10.7. The monoisotopic (exact) mass is 226 g/mol. The molecule has 0 radical (unpaired) electrons. The minimum absolute atomic E-state index is 0.157. The Morgan fingerprint density at radius 3 is 2.25 bits per heavy atom. The van der Waals surface area contributed by atoms with Gasteiger partial charge in [-0.15, -0.1) is 0 Å². The summed E-state index contributed by atoms with van der Waals surface area (Å²) in [5.41, 5.74) is 0.591. The third-order valence-electron chi connectivity index (χ3n) is 4.98. The Hall–Kier alpha value is -0.120. The van der Waals surface area contributed by atoms with Gasteiger partial charge in [-0.3, -0.25) is 4.90 Å². The lowest BCUT2D eigenvalue weighted by Gasteiger charge is -2.43. The highest BCUT2D eigenvalue weighted by atomic mass is 16.3. The van der Waals surface area contributed by atoms with E-state index < -0.39 is 0 Å². The first-order chi connectivity index (χ1) is 7.71. The van der Waals surface area contributed by atoms with Crippen molar-refractivity contribution in [2.45, 2.75) is 51.7 Å². The second-order valence-corrected chi connectivity index (χ2v) is 5.54. The third kappa shape index (κ3) is 2.27. The van der Waals surface area contributed by atoms with E-state index in [1.165, 1.54) is 38.8 Å². The maximum absolute atomic E-state index is 9.88. The van der Waals surface area contributed by atoms with Gasteiger partial charge in [-0.1, -0.05) is 26.7 Å². The Bertz CT molecular complexity index is 218. The summed E-state index contributed by atoms with van der Waals surface area (Å²) in [6.07, 6.45) is 5.08. The van der Waals surface area contributed by atoms with Crippen molar-refractivity contribution >= 4 is 0 Å². The Labute approximate surface area is 99.2 Å². The molecule has 2 heterocycles. The number of hydrogen-bond donors (Lipinski definition) is 2. The van der Waals surface area contributed by atoms with Gasteiger partial charge in [0.05, 0.1) is 6.10 Å². The van der Waals surface area contributed by atoms with Crippen molar-refractivity contribution in [3.05, 3.63) is 0 Å². The first kappa shape index (κ1) is 12.3. The third-order valence-corrected chi connectivity index (χ3v) is 4.98. The standard InChI is InChI=1S/C13H26N2O/c1-3-13(4-2)5-7-15(8-6-13)11-9-14-10-12(11)16/h11-12,14,16H,3-10H2,1-2H3. The molecular formula is C13H26N2O. The maximum Gasteiger partial charge on any atom is 0.0831 e. The lowest BCUT2D eigenvalue weighted by molar-refractivity contribution is 0.0275. The number of aliphatic hydroxyl groups is 1. The minimum Gasteiger partial charge on any atom is -0.390 e. The second-order valence-electron chi connectivity index (χ2n) is 5.54. The smallest absolute Gasteiger partial charge is 0.0831 e.